The summed E-state index contributed by atoms with van der Waals surface area (Å²) in [5, 5.41) is 14.1. The maximum absolute atomic E-state index is 6.10. The highest BCUT2D eigenvalue weighted by atomic mass is 35.5. The van der Waals surface area contributed by atoms with Crippen molar-refractivity contribution in [2.45, 2.75) is 12.3 Å². The molecule has 0 radical (unpaired) electrons. The zero-order chi connectivity index (χ0) is 14.2. The summed E-state index contributed by atoms with van der Waals surface area (Å²) >= 11 is 6.10. The molecule has 0 aliphatic heterocycles. The third-order valence-electron chi connectivity index (χ3n) is 4.12. The van der Waals surface area contributed by atoms with E-state index >= 15 is 0 Å². The molecule has 1 atom stereocenters. The lowest BCUT2D eigenvalue weighted by atomic mass is 9.77. The second-order valence-corrected chi connectivity index (χ2v) is 5.72. The molecule has 21 heavy (non-hydrogen) atoms. The van der Waals surface area contributed by atoms with Gasteiger partial charge >= 0.3 is 0 Å². The molecule has 1 aliphatic carbocycles. The Morgan fingerprint density at radius 2 is 1.76 bits per heavy atom. The van der Waals surface area contributed by atoms with Gasteiger partial charge in [0, 0.05) is 23.2 Å². The van der Waals surface area contributed by atoms with Crippen LogP contribution in [0.4, 0.5) is 5.82 Å². The minimum absolute atomic E-state index is 0.449. The highest BCUT2D eigenvalue weighted by molar-refractivity contribution is 6.34. The van der Waals surface area contributed by atoms with Crippen molar-refractivity contribution in [2.75, 3.05) is 11.9 Å². The number of benzene rings is 2. The summed E-state index contributed by atoms with van der Waals surface area (Å²) in [6.07, 6.45) is 1.13. The number of nitrogens with zero attached hydrogens (tertiary/aromatic N) is 2. The monoisotopic (exact) mass is 295 g/mol. The van der Waals surface area contributed by atoms with Gasteiger partial charge in [-0.25, -0.2) is 0 Å². The minimum atomic E-state index is 0.449. The molecule has 1 heterocycles. The molecule has 1 aliphatic rings. The standard InChI is InChI=1S/C17H14ClN3/c18-16-14-7-3-4-8-15(14)17(21-20-16)19-10-12-9-11-5-1-2-6-13(11)12/h1-8,12H,9-10H2,(H,19,21). The molecule has 1 aromatic heterocycles. The Morgan fingerprint density at radius 1 is 1.00 bits per heavy atom. The van der Waals surface area contributed by atoms with Gasteiger partial charge in [0.2, 0.25) is 0 Å². The first-order chi connectivity index (χ1) is 10.3. The number of aromatic nitrogens is 2. The Bertz CT molecular complexity index is 816. The Kier molecular flexibility index (Phi) is 3.00. The van der Waals surface area contributed by atoms with Gasteiger partial charge in [0.1, 0.15) is 0 Å². The van der Waals surface area contributed by atoms with Gasteiger partial charge in [0.05, 0.1) is 0 Å². The predicted octanol–water partition coefficient (Wildman–Crippen LogP) is 4.04. The van der Waals surface area contributed by atoms with E-state index in [1.165, 1.54) is 11.1 Å². The van der Waals surface area contributed by atoms with Crippen molar-refractivity contribution in [3.63, 3.8) is 0 Å². The van der Waals surface area contributed by atoms with Gasteiger partial charge in [-0.3, -0.25) is 0 Å². The van der Waals surface area contributed by atoms with Crippen LogP contribution in [-0.2, 0) is 6.42 Å². The molecule has 1 N–H and O–H groups in total. The van der Waals surface area contributed by atoms with E-state index in [2.05, 4.69) is 39.8 Å². The van der Waals surface area contributed by atoms with Crippen molar-refractivity contribution < 1.29 is 0 Å². The highest BCUT2D eigenvalue weighted by Crippen LogP contribution is 2.35. The van der Waals surface area contributed by atoms with E-state index in [9.17, 15) is 0 Å². The Morgan fingerprint density at radius 3 is 2.62 bits per heavy atom. The summed E-state index contributed by atoms with van der Waals surface area (Å²) in [6.45, 7) is 0.872. The van der Waals surface area contributed by atoms with Crippen molar-refractivity contribution in [2.24, 2.45) is 0 Å². The second kappa shape index (κ2) is 5.01. The maximum atomic E-state index is 6.10. The van der Waals surface area contributed by atoms with Crippen LogP contribution >= 0.6 is 11.6 Å². The van der Waals surface area contributed by atoms with Gasteiger partial charge in [0.25, 0.3) is 0 Å². The lowest BCUT2D eigenvalue weighted by molar-refractivity contribution is 0.634. The SMILES string of the molecule is Clc1nnc(NCC2Cc3ccccc32)c2ccccc12. The quantitative estimate of drug-likeness (QED) is 0.792. The minimum Gasteiger partial charge on any atom is -0.367 e. The van der Waals surface area contributed by atoms with Crippen LogP contribution in [0.5, 0.6) is 0 Å². The normalized spacial score (nSPS) is 16.3. The molecule has 2 aromatic carbocycles. The van der Waals surface area contributed by atoms with Crippen LogP contribution in [-0.4, -0.2) is 16.7 Å². The van der Waals surface area contributed by atoms with E-state index < -0.39 is 0 Å². The third-order valence-corrected chi connectivity index (χ3v) is 4.40. The van der Waals surface area contributed by atoms with E-state index in [0.717, 1.165) is 29.6 Å². The smallest absolute Gasteiger partial charge is 0.159 e. The summed E-state index contributed by atoms with van der Waals surface area (Å²) in [7, 11) is 0. The van der Waals surface area contributed by atoms with Gasteiger partial charge in [0.15, 0.2) is 11.0 Å². The highest BCUT2D eigenvalue weighted by Gasteiger charge is 2.25. The molecule has 0 amide bonds. The van der Waals surface area contributed by atoms with Crippen LogP contribution in [0.1, 0.15) is 17.0 Å². The number of hydrogen-bond acceptors (Lipinski definition) is 3. The maximum Gasteiger partial charge on any atom is 0.159 e. The average Bonchev–Trinajstić information content (AvgIpc) is 2.50. The van der Waals surface area contributed by atoms with E-state index in [4.69, 9.17) is 11.6 Å². The number of hydrogen-bond donors (Lipinski definition) is 1. The van der Waals surface area contributed by atoms with Crippen LogP contribution in [0.2, 0.25) is 5.15 Å². The topological polar surface area (TPSA) is 37.8 Å². The van der Waals surface area contributed by atoms with E-state index in [0.29, 0.717) is 11.1 Å². The van der Waals surface area contributed by atoms with Crippen molar-refractivity contribution >= 4 is 28.2 Å². The first-order valence-corrected chi connectivity index (χ1v) is 7.43. The fourth-order valence-corrected chi connectivity index (χ4v) is 3.17. The molecule has 0 saturated heterocycles. The van der Waals surface area contributed by atoms with Gasteiger partial charge in [-0.15, -0.1) is 10.2 Å². The zero-order valence-electron chi connectivity index (χ0n) is 11.4. The van der Waals surface area contributed by atoms with Gasteiger partial charge in [-0.2, -0.15) is 0 Å². The summed E-state index contributed by atoms with van der Waals surface area (Å²) < 4.78 is 0. The second-order valence-electron chi connectivity index (χ2n) is 5.37. The Balaban J connectivity index is 1.58. The molecule has 104 valence electrons. The summed E-state index contributed by atoms with van der Waals surface area (Å²) in [6, 6.07) is 16.5. The largest absolute Gasteiger partial charge is 0.367 e. The number of nitrogens with one attached hydrogen (secondary N) is 1. The number of fused-ring (bicyclic) bond motifs is 2. The number of rotatable bonds is 3. The van der Waals surface area contributed by atoms with Crippen LogP contribution in [0.3, 0.4) is 0 Å². The Hall–Kier alpha value is -2.13. The molecule has 3 nitrogen and oxygen atoms in total. The van der Waals surface area contributed by atoms with Crippen LogP contribution in [0, 0.1) is 0 Å². The molecule has 4 rings (SSSR count). The Labute approximate surface area is 128 Å². The zero-order valence-corrected chi connectivity index (χ0v) is 12.1. The third kappa shape index (κ3) is 2.14. The van der Waals surface area contributed by atoms with Crippen molar-refractivity contribution in [3.05, 3.63) is 64.8 Å². The fourth-order valence-electron chi connectivity index (χ4n) is 2.97. The van der Waals surface area contributed by atoms with Crippen molar-refractivity contribution in [1.29, 1.82) is 0 Å². The molecule has 4 heteroatoms. The summed E-state index contributed by atoms with van der Waals surface area (Å²) in [5.41, 5.74) is 2.90. The van der Waals surface area contributed by atoms with E-state index in [-0.39, 0.29) is 0 Å². The molecular weight excluding hydrogens is 282 g/mol. The van der Waals surface area contributed by atoms with Crippen LogP contribution < -0.4 is 5.32 Å². The predicted molar refractivity (Wildman–Crippen MR) is 85.9 cm³/mol. The first kappa shape index (κ1) is 12.6. The molecule has 0 spiro atoms. The number of anilines is 1. The van der Waals surface area contributed by atoms with Crippen molar-refractivity contribution in [3.8, 4) is 0 Å². The lowest BCUT2D eigenvalue weighted by Crippen LogP contribution is -2.24. The molecule has 0 fully saturated rings. The fraction of sp³-hybridized carbons (Fsp3) is 0.176. The van der Waals surface area contributed by atoms with Gasteiger partial charge in [-0.1, -0.05) is 60.1 Å². The van der Waals surface area contributed by atoms with E-state index in [1.807, 2.05) is 24.3 Å². The van der Waals surface area contributed by atoms with Crippen molar-refractivity contribution in [1.82, 2.24) is 10.2 Å². The van der Waals surface area contributed by atoms with Crippen LogP contribution in [0.25, 0.3) is 10.8 Å². The summed E-state index contributed by atoms with van der Waals surface area (Å²) in [5.74, 6) is 1.36. The molecular formula is C17H14ClN3. The number of halogens is 1. The molecule has 0 saturated carbocycles. The lowest BCUT2D eigenvalue weighted by Gasteiger charge is -2.30. The molecule has 1 unspecified atom stereocenters. The van der Waals surface area contributed by atoms with Gasteiger partial charge < -0.3 is 5.32 Å². The molecule has 3 aromatic rings. The van der Waals surface area contributed by atoms with Crippen LogP contribution in [0.15, 0.2) is 48.5 Å². The van der Waals surface area contributed by atoms with Gasteiger partial charge in [-0.05, 0) is 17.5 Å². The summed E-state index contributed by atoms with van der Waals surface area (Å²) in [4.78, 5) is 0. The van der Waals surface area contributed by atoms with E-state index in [1.54, 1.807) is 0 Å². The first-order valence-electron chi connectivity index (χ1n) is 7.05. The average molecular weight is 296 g/mol. The molecule has 0 bridgehead atoms.